The first kappa shape index (κ1) is 15.5. The van der Waals surface area contributed by atoms with Crippen LogP contribution >= 0.6 is 0 Å². The van der Waals surface area contributed by atoms with Crippen LogP contribution in [0, 0.1) is 0 Å². The zero-order valence-electron chi connectivity index (χ0n) is 12.1. The normalized spacial score (nSPS) is 13.8. The Morgan fingerprint density at radius 3 is 2.38 bits per heavy atom. The predicted octanol–water partition coefficient (Wildman–Crippen LogP) is 1.29. The van der Waals surface area contributed by atoms with E-state index in [1.807, 2.05) is 54.6 Å². The number of anilines is 1. The van der Waals surface area contributed by atoms with Gasteiger partial charge >= 0.3 is 0 Å². The lowest BCUT2D eigenvalue weighted by atomic mass is 10.0. The van der Waals surface area contributed by atoms with Gasteiger partial charge in [-0.1, -0.05) is 48.5 Å². The lowest BCUT2D eigenvalue weighted by molar-refractivity contribution is 0.141. The Kier molecular flexibility index (Phi) is 5.75. The number of benzene rings is 2. The molecule has 0 fully saturated rings. The first-order valence-electron chi connectivity index (χ1n) is 7.18. The average Bonchev–Trinajstić information content (AvgIpc) is 2.50. The van der Waals surface area contributed by atoms with Gasteiger partial charge in [0.2, 0.25) is 0 Å². The van der Waals surface area contributed by atoms with Crippen LogP contribution in [0.15, 0.2) is 54.6 Å². The lowest BCUT2D eigenvalue weighted by Crippen LogP contribution is -2.43. The highest BCUT2D eigenvalue weighted by Gasteiger charge is 2.14. The minimum Gasteiger partial charge on any atom is -0.398 e. The Morgan fingerprint density at radius 1 is 1.00 bits per heavy atom. The second kappa shape index (κ2) is 7.78. The van der Waals surface area contributed by atoms with E-state index in [4.69, 9.17) is 11.5 Å². The minimum atomic E-state index is -0.588. The van der Waals surface area contributed by atoms with Crippen molar-refractivity contribution in [2.45, 2.75) is 25.1 Å². The number of para-hydroxylation sites is 1. The van der Waals surface area contributed by atoms with Gasteiger partial charge in [-0.2, -0.15) is 0 Å². The monoisotopic (exact) mass is 285 g/mol. The second-order valence-corrected chi connectivity index (χ2v) is 5.25. The molecule has 2 aromatic rings. The molecule has 4 heteroatoms. The number of nitrogen functional groups attached to an aromatic ring is 1. The first-order chi connectivity index (χ1) is 10.2. The number of hydrogen-bond donors (Lipinski definition) is 4. The van der Waals surface area contributed by atoms with E-state index in [0.717, 1.165) is 16.8 Å². The molecule has 2 atom stereocenters. The van der Waals surface area contributed by atoms with E-state index in [2.05, 4.69) is 5.32 Å². The van der Waals surface area contributed by atoms with Gasteiger partial charge in [-0.3, -0.25) is 0 Å². The van der Waals surface area contributed by atoms with Crippen molar-refractivity contribution >= 4 is 5.69 Å². The van der Waals surface area contributed by atoms with Crippen LogP contribution in [0.1, 0.15) is 11.1 Å². The molecule has 0 heterocycles. The molecule has 0 aliphatic rings. The largest absolute Gasteiger partial charge is 0.398 e. The predicted molar refractivity (Wildman–Crippen MR) is 86.7 cm³/mol. The van der Waals surface area contributed by atoms with Crippen LogP contribution in [-0.2, 0) is 13.0 Å². The molecule has 0 saturated heterocycles. The second-order valence-electron chi connectivity index (χ2n) is 5.25. The Balaban J connectivity index is 1.76. The van der Waals surface area contributed by atoms with Gasteiger partial charge in [-0.25, -0.2) is 0 Å². The highest BCUT2D eigenvalue weighted by atomic mass is 16.3. The van der Waals surface area contributed by atoms with Crippen molar-refractivity contribution in [1.82, 2.24) is 5.32 Å². The zero-order valence-corrected chi connectivity index (χ0v) is 12.1. The molecule has 0 bridgehead atoms. The summed E-state index contributed by atoms with van der Waals surface area (Å²) in [6.45, 7) is 1.07. The highest BCUT2D eigenvalue weighted by molar-refractivity contribution is 5.46. The quantitative estimate of drug-likeness (QED) is 0.578. The van der Waals surface area contributed by atoms with Crippen LogP contribution in [0.5, 0.6) is 0 Å². The Labute approximate surface area is 125 Å². The number of aliphatic hydroxyl groups is 1. The van der Waals surface area contributed by atoms with E-state index < -0.39 is 6.10 Å². The third-order valence-corrected chi connectivity index (χ3v) is 3.53. The lowest BCUT2D eigenvalue weighted by Gasteiger charge is -2.19. The fourth-order valence-electron chi connectivity index (χ4n) is 2.22. The summed E-state index contributed by atoms with van der Waals surface area (Å²) in [4.78, 5) is 0. The van der Waals surface area contributed by atoms with E-state index in [0.29, 0.717) is 19.5 Å². The maximum absolute atomic E-state index is 10.1. The fraction of sp³-hybridized carbons (Fsp3) is 0.294. The van der Waals surface area contributed by atoms with Crippen LogP contribution in [0.25, 0.3) is 0 Å². The molecular weight excluding hydrogens is 262 g/mol. The summed E-state index contributed by atoms with van der Waals surface area (Å²) in [6, 6.07) is 17.4. The first-order valence-corrected chi connectivity index (χ1v) is 7.18. The smallest absolute Gasteiger partial charge is 0.0818 e. The maximum atomic E-state index is 10.1. The van der Waals surface area contributed by atoms with E-state index in [1.54, 1.807) is 0 Å². The Morgan fingerprint density at radius 2 is 1.67 bits per heavy atom. The molecule has 21 heavy (non-hydrogen) atoms. The molecule has 0 spiro atoms. The molecule has 0 amide bonds. The van der Waals surface area contributed by atoms with Gasteiger partial charge < -0.3 is 21.9 Å². The summed E-state index contributed by atoms with van der Waals surface area (Å²) in [5.74, 6) is 0. The van der Waals surface area contributed by atoms with Gasteiger partial charge in [0, 0.05) is 24.8 Å². The third kappa shape index (κ3) is 4.86. The molecule has 0 unspecified atom stereocenters. The Bertz CT molecular complexity index is 545. The molecule has 0 radical (unpaired) electrons. The number of aliphatic hydroxyl groups excluding tert-OH is 1. The molecule has 112 valence electrons. The maximum Gasteiger partial charge on any atom is 0.0818 e. The van der Waals surface area contributed by atoms with Gasteiger partial charge in [-0.15, -0.1) is 0 Å². The summed E-state index contributed by atoms with van der Waals surface area (Å²) < 4.78 is 0. The van der Waals surface area contributed by atoms with Crippen molar-refractivity contribution in [3.63, 3.8) is 0 Å². The van der Waals surface area contributed by atoms with Crippen LogP contribution in [0.2, 0.25) is 0 Å². The van der Waals surface area contributed by atoms with E-state index in [1.165, 1.54) is 0 Å². The number of nitrogens with two attached hydrogens (primary N) is 2. The highest BCUT2D eigenvalue weighted by Crippen LogP contribution is 2.10. The van der Waals surface area contributed by atoms with Crippen molar-refractivity contribution in [2.24, 2.45) is 5.73 Å². The van der Waals surface area contributed by atoms with Crippen molar-refractivity contribution < 1.29 is 5.11 Å². The summed E-state index contributed by atoms with van der Waals surface area (Å²) in [5.41, 5.74) is 14.8. The molecule has 0 aliphatic heterocycles. The van der Waals surface area contributed by atoms with Crippen molar-refractivity contribution in [1.29, 1.82) is 0 Å². The van der Waals surface area contributed by atoms with Crippen LogP contribution in [-0.4, -0.2) is 23.8 Å². The molecule has 0 aliphatic carbocycles. The average molecular weight is 285 g/mol. The summed E-state index contributed by atoms with van der Waals surface area (Å²) in [7, 11) is 0. The fourth-order valence-corrected chi connectivity index (χ4v) is 2.22. The van der Waals surface area contributed by atoms with E-state index >= 15 is 0 Å². The van der Waals surface area contributed by atoms with Crippen molar-refractivity contribution in [2.75, 3.05) is 12.3 Å². The van der Waals surface area contributed by atoms with Gasteiger partial charge in [0.25, 0.3) is 0 Å². The van der Waals surface area contributed by atoms with E-state index in [-0.39, 0.29) is 6.04 Å². The van der Waals surface area contributed by atoms with Gasteiger partial charge in [0.15, 0.2) is 0 Å². The van der Waals surface area contributed by atoms with Crippen LogP contribution in [0.3, 0.4) is 0 Å². The van der Waals surface area contributed by atoms with Gasteiger partial charge in [-0.05, 0) is 23.6 Å². The van der Waals surface area contributed by atoms with Crippen LogP contribution in [0.4, 0.5) is 5.69 Å². The summed E-state index contributed by atoms with van der Waals surface area (Å²) in [6.07, 6.45) is 0.0760. The van der Waals surface area contributed by atoms with Gasteiger partial charge in [0.05, 0.1) is 6.10 Å². The Hall–Kier alpha value is -1.88. The van der Waals surface area contributed by atoms with Gasteiger partial charge in [0.1, 0.15) is 0 Å². The summed E-state index contributed by atoms with van der Waals surface area (Å²) in [5, 5.41) is 13.3. The van der Waals surface area contributed by atoms with E-state index in [9.17, 15) is 5.11 Å². The molecular formula is C17H23N3O. The number of rotatable bonds is 7. The standard InChI is InChI=1S/C17H23N3O/c18-15-9-5-4-8-14(15)11-20-12-17(21)16(19)10-13-6-2-1-3-7-13/h1-9,16-17,20-21H,10-12,18-19H2/t16-,17+/m0/s1. The molecule has 0 saturated carbocycles. The topological polar surface area (TPSA) is 84.3 Å². The molecule has 6 N–H and O–H groups in total. The zero-order chi connectivity index (χ0) is 15.1. The van der Waals surface area contributed by atoms with Crippen LogP contribution < -0.4 is 16.8 Å². The molecule has 2 aromatic carbocycles. The SMILES string of the molecule is Nc1ccccc1CNC[C@@H](O)[C@@H](N)Cc1ccccc1. The molecule has 4 nitrogen and oxygen atoms in total. The van der Waals surface area contributed by atoms with Crippen molar-refractivity contribution in [3.05, 3.63) is 65.7 Å². The third-order valence-electron chi connectivity index (χ3n) is 3.53. The van der Waals surface area contributed by atoms with Crippen molar-refractivity contribution in [3.8, 4) is 0 Å². The number of hydrogen-bond acceptors (Lipinski definition) is 4. The summed E-state index contributed by atoms with van der Waals surface area (Å²) >= 11 is 0. The minimum absolute atomic E-state index is 0.284. The molecule has 2 rings (SSSR count). The number of nitrogens with one attached hydrogen (secondary N) is 1. The molecule has 0 aromatic heterocycles.